The lowest BCUT2D eigenvalue weighted by Crippen LogP contribution is -2.32. The lowest BCUT2D eigenvalue weighted by Gasteiger charge is -2.21. The molecule has 1 N–H and O–H groups in total. The summed E-state index contributed by atoms with van der Waals surface area (Å²) in [5.74, 6) is 1.51. The van der Waals surface area contributed by atoms with Gasteiger partial charge < -0.3 is 19.3 Å². The minimum absolute atomic E-state index is 0.197. The van der Waals surface area contributed by atoms with Crippen molar-refractivity contribution in [1.29, 1.82) is 0 Å². The molecule has 20 heavy (non-hydrogen) atoms. The van der Waals surface area contributed by atoms with Gasteiger partial charge in [0.05, 0.1) is 25.7 Å². The van der Waals surface area contributed by atoms with E-state index in [4.69, 9.17) is 14.0 Å². The SMILES string of the molecule is CCCNC(C)C(CC)c1nc(C2COCCO2)no1. The molecular formula is C14H25N3O3. The predicted molar refractivity (Wildman–Crippen MR) is 74.6 cm³/mol. The van der Waals surface area contributed by atoms with Gasteiger partial charge in [-0.25, -0.2) is 0 Å². The van der Waals surface area contributed by atoms with Gasteiger partial charge >= 0.3 is 0 Å². The first-order valence-electron chi connectivity index (χ1n) is 7.52. The van der Waals surface area contributed by atoms with E-state index in [1.54, 1.807) is 0 Å². The molecule has 114 valence electrons. The van der Waals surface area contributed by atoms with Gasteiger partial charge in [-0.1, -0.05) is 19.0 Å². The molecule has 1 aliphatic heterocycles. The van der Waals surface area contributed by atoms with E-state index in [2.05, 4.69) is 36.2 Å². The van der Waals surface area contributed by atoms with Crippen LogP contribution in [-0.2, 0) is 9.47 Å². The van der Waals surface area contributed by atoms with Gasteiger partial charge in [0.25, 0.3) is 0 Å². The van der Waals surface area contributed by atoms with Crippen LogP contribution in [0, 0.1) is 0 Å². The van der Waals surface area contributed by atoms with Gasteiger partial charge in [-0.3, -0.25) is 0 Å². The number of rotatable bonds is 7. The topological polar surface area (TPSA) is 69.4 Å². The fraction of sp³-hybridized carbons (Fsp3) is 0.857. The van der Waals surface area contributed by atoms with Crippen molar-refractivity contribution < 1.29 is 14.0 Å². The van der Waals surface area contributed by atoms with E-state index in [1.807, 2.05) is 0 Å². The van der Waals surface area contributed by atoms with Crippen LogP contribution in [0.1, 0.15) is 57.3 Å². The van der Waals surface area contributed by atoms with Gasteiger partial charge in [-0.05, 0) is 26.3 Å². The van der Waals surface area contributed by atoms with Gasteiger partial charge in [0.2, 0.25) is 11.7 Å². The van der Waals surface area contributed by atoms with E-state index in [0.717, 1.165) is 19.4 Å². The van der Waals surface area contributed by atoms with Crippen LogP contribution in [-0.4, -0.2) is 42.5 Å². The summed E-state index contributed by atoms with van der Waals surface area (Å²) in [7, 11) is 0. The third-order valence-corrected chi connectivity index (χ3v) is 3.64. The molecule has 1 aliphatic rings. The molecule has 1 aromatic rings. The molecule has 3 unspecified atom stereocenters. The maximum atomic E-state index is 5.59. The molecule has 0 aromatic carbocycles. The average molecular weight is 283 g/mol. The average Bonchev–Trinajstić information content (AvgIpc) is 2.96. The Bertz CT molecular complexity index is 391. The van der Waals surface area contributed by atoms with E-state index in [0.29, 0.717) is 37.6 Å². The molecular weight excluding hydrogens is 258 g/mol. The molecule has 0 aliphatic carbocycles. The van der Waals surface area contributed by atoms with Crippen LogP contribution < -0.4 is 5.32 Å². The number of nitrogens with zero attached hydrogens (tertiary/aromatic N) is 2. The van der Waals surface area contributed by atoms with Crippen molar-refractivity contribution in [2.75, 3.05) is 26.4 Å². The van der Waals surface area contributed by atoms with Crippen LogP contribution in [0.4, 0.5) is 0 Å². The highest BCUT2D eigenvalue weighted by Gasteiger charge is 2.27. The second-order valence-corrected chi connectivity index (χ2v) is 5.18. The Balaban J connectivity index is 2.01. The highest BCUT2D eigenvalue weighted by Crippen LogP contribution is 2.25. The van der Waals surface area contributed by atoms with E-state index in [-0.39, 0.29) is 12.0 Å². The smallest absolute Gasteiger partial charge is 0.231 e. The number of aromatic nitrogens is 2. The fourth-order valence-electron chi connectivity index (χ4n) is 2.42. The first-order valence-corrected chi connectivity index (χ1v) is 7.52. The monoisotopic (exact) mass is 283 g/mol. The Hall–Kier alpha value is -0.980. The standard InChI is InChI=1S/C14H25N3O3/c1-4-6-15-10(3)11(5-2)14-16-13(17-20-14)12-9-18-7-8-19-12/h10-12,15H,4-9H2,1-3H3. The van der Waals surface area contributed by atoms with Gasteiger partial charge in [-0.15, -0.1) is 0 Å². The van der Waals surface area contributed by atoms with Gasteiger partial charge in [-0.2, -0.15) is 4.98 Å². The number of hydrogen-bond acceptors (Lipinski definition) is 6. The van der Waals surface area contributed by atoms with E-state index < -0.39 is 0 Å². The van der Waals surface area contributed by atoms with Gasteiger partial charge in [0.1, 0.15) is 6.10 Å². The lowest BCUT2D eigenvalue weighted by atomic mass is 9.98. The fourth-order valence-corrected chi connectivity index (χ4v) is 2.42. The molecule has 0 radical (unpaired) electrons. The highest BCUT2D eigenvalue weighted by molar-refractivity contribution is 5.00. The first-order chi connectivity index (χ1) is 9.76. The maximum Gasteiger partial charge on any atom is 0.231 e. The second kappa shape index (κ2) is 7.71. The second-order valence-electron chi connectivity index (χ2n) is 5.18. The third-order valence-electron chi connectivity index (χ3n) is 3.64. The molecule has 0 saturated carbocycles. The number of nitrogens with one attached hydrogen (secondary N) is 1. The molecule has 3 atom stereocenters. The van der Waals surface area contributed by atoms with Crippen molar-refractivity contribution in [3.8, 4) is 0 Å². The molecule has 2 rings (SSSR count). The van der Waals surface area contributed by atoms with Crippen molar-refractivity contribution in [2.45, 2.75) is 51.7 Å². The first kappa shape index (κ1) is 15.4. The van der Waals surface area contributed by atoms with Crippen LogP contribution in [0.3, 0.4) is 0 Å². The molecule has 0 spiro atoms. The van der Waals surface area contributed by atoms with Crippen LogP contribution in [0.2, 0.25) is 0 Å². The maximum absolute atomic E-state index is 5.59. The van der Waals surface area contributed by atoms with Gasteiger partial charge in [0.15, 0.2) is 0 Å². The third kappa shape index (κ3) is 3.77. The summed E-state index contributed by atoms with van der Waals surface area (Å²) in [6, 6.07) is 0.316. The molecule has 0 amide bonds. The van der Waals surface area contributed by atoms with E-state index in [1.165, 1.54) is 0 Å². The number of hydrogen-bond donors (Lipinski definition) is 1. The van der Waals surface area contributed by atoms with Gasteiger partial charge in [0, 0.05) is 6.04 Å². The molecule has 6 heteroatoms. The molecule has 1 aromatic heterocycles. The van der Waals surface area contributed by atoms with Crippen molar-refractivity contribution in [2.24, 2.45) is 0 Å². The van der Waals surface area contributed by atoms with Crippen LogP contribution in [0.5, 0.6) is 0 Å². The summed E-state index contributed by atoms with van der Waals surface area (Å²) >= 11 is 0. The highest BCUT2D eigenvalue weighted by atomic mass is 16.6. The summed E-state index contributed by atoms with van der Waals surface area (Å²) in [4.78, 5) is 4.51. The summed E-state index contributed by atoms with van der Waals surface area (Å²) in [6.07, 6.45) is 1.88. The summed E-state index contributed by atoms with van der Waals surface area (Å²) in [5.41, 5.74) is 0. The largest absolute Gasteiger partial charge is 0.376 e. The van der Waals surface area contributed by atoms with Crippen LogP contribution >= 0.6 is 0 Å². The molecule has 2 heterocycles. The zero-order chi connectivity index (χ0) is 14.4. The Morgan fingerprint density at radius 1 is 1.35 bits per heavy atom. The zero-order valence-electron chi connectivity index (χ0n) is 12.6. The van der Waals surface area contributed by atoms with Crippen LogP contribution in [0.15, 0.2) is 4.52 Å². The molecule has 1 saturated heterocycles. The Kier molecular flexibility index (Phi) is 5.94. The zero-order valence-corrected chi connectivity index (χ0v) is 12.6. The lowest BCUT2D eigenvalue weighted by molar-refractivity contribution is -0.0941. The Morgan fingerprint density at radius 3 is 2.85 bits per heavy atom. The van der Waals surface area contributed by atoms with Crippen molar-refractivity contribution in [3.63, 3.8) is 0 Å². The molecule has 0 bridgehead atoms. The van der Waals surface area contributed by atoms with E-state index >= 15 is 0 Å². The van der Waals surface area contributed by atoms with Crippen LogP contribution in [0.25, 0.3) is 0 Å². The van der Waals surface area contributed by atoms with Crippen molar-refractivity contribution in [1.82, 2.24) is 15.5 Å². The quantitative estimate of drug-likeness (QED) is 0.826. The van der Waals surface area contributed by atoms with Crippen molar-refractivity contribution >= 4 is 0 Å². The summed E-state index contributed by atoms with van der Waals surface area (Å²) < 4.78 is 16.4. The normalized spacial score (nSPS) is 22.6. The predicted octanol–water partition coefficient (Wildman–Crippen LogP) is 2.04. The molecule has 6 nitrogen and oxygen atoms in total. The molecule has 1 fully saturated rings. The Labute approximate surface area is 120 Å². The Morgan fingerprint density at radius 2 is 2.20 bits per heavy atom. The summed E-state index contributed by atoms with van der Waals surface area (Å²) in [5, 5.41) is 7.54. The number of ether oxygens (including phenoxy) is 2. The van der Waals surface area contributed by atoms with E-state index in [9.17, 15) is 0 Å². The summed E-state index contributed by atoms with van der Waals surface area (Å²) in [6.45, 7) is 9.17. The minimum atomic E-state index is -0.197. The van der Waals surface area contributed by atoms with Crippen molar-refractivity contribution in [3.05, 3.63) is 11.7 Å². The minimum Gasteiger partial charge on any atom is -0.376 e.